The van der Waals surface area contributed by atoms with Gasteiger partial charge in [-0.25, -0.2) is 4.79 Å². The summed E-state index contributed by atoms with van der Waals surface area (Å²) in [6, 6.07) is 8.07. The van der Waals surface area contributed by atoms with E-state index in [0.717, 1.165) is 13.1 Å². The van der Waals surface area contributed by atoms with Crippen molar-refractivity contribution in [2.24, 2.45) is 0 Å². The summed E-state index contributed by atoms with van der Waals surface area (Å²) >= 11 is 0. The number of carbonyl (C=O) groups excluding carboxylic acids is 1. The van der Waals surface area contributed by atoms with E-state index >= 15 is 0 Å². The van der Waals surface area contributed by atoms with E-state index in [4.69, 9.17) is 5.11 Å². The SMILES string of the molecule is Cc1cccc(N2CCN(C(=O)N(C)CC(=O)O)CC2)c1. The molecule has 0 unspecified atom stereocenters. The first-order chi connectivity index (χ1) is 9.97. The Hall–Kier alpha value is -2.24. The highest BCUT2D eigenvalue weighted by Gasteiger charge is 2.24. The highest BCUT2D eigenvalue weighted by Crippen LogP contribution is 2.18. The third kappa shape index (κ3) is 3.87. The van der Waals surface area contributed by atoms with Gasteiger partial charge in [-0.2, -0.15) is 0 Å². The van der Waals surface area contributed by atoms with Crippen LogP contribution in [0.1, 0.15) is 5.56 Å². The second kappa shape index (κ2) is 6.47. The molecule has 1 aliphatic rings. The van der Waals surface area contributed by atoms with E-state index in [1.54, 1.807) is 4.90 Å². The Labute approximate surface area is 124 Å². The van der Waals surface area contributed by atoms with Gasteiger partial charge in [0.1, 0.15) is 6.54 Å². The molecule has 1 N–H and O–H groups in total. The van der Waals surface area contributed by atoms with Crippen molar-refractivity contribution in [2.75, 3.05) is 44.7 Å². The highest BCUT2D eigenvalue weighted by atomic mass is 16.4. The van der Waals surface area contributed by atoms with Gasteiger partial charge < -0.3 is 19.8 Å². The molecule has 0 bridgehead atoms. The van der Waals surface area contributed by atoms with Crippen molar-refractivity contribution in [1.29, 1.82) is 0 Å². The first-order valence-electron chi connectivity index (χ1n) is 7.01. The van der Waals surface area contributed by atoms with Gasteiger partial charge >= 0.3 is 12.0 Å². The molecule has 1 aromatic rings. The molecular formula is C15H21N3O3. The van der Waals surface area contributed by atoms with Crippen LogP contribution in [0.25, 0.3) is 0 Å². The zero-order valence-corrected chi connectivity index (χ0v) is 12.5. The smallest absolute Gasteiger partial charge is 0.323 e. The summed E-state index contributed by atoms with van der Waals surface area (Å²) in [6.45, 7) is 4.53. The molecule has 21 heavy (non-hydrogen) atoms. The summed E-state index contributed by atoms with van der Waals surface area (Å²) in [7, 11) is 1.52. The first kappa shape index (κ1) is 15.2. The number of anilines is 1. The van der Waals surface area contributed by atoms with Crippen LogP contribution in [0.15, 0.2) is 24.3 Å². The van der Waals surface area contributed by atoms with Gasteiger partial charge in [-0.15, -0.1) is 0 Å². The number of aliphatic carboxylic acids is 1. The van der Waals surface area contributed by atoms with Crippen LogP contribution in [-0.2, 0) is 4.79 Å². The summed E-state index contributed by atoms with van der Waals surface area (Å²) in [6.07, 6.45) is 0. The van der Waals surface area contributed by atoms with Gasteiger partial charge in [-0.05, 0) is 24.6 Å². The molecule has 0 saturated carbocycles. The molecule has 1 fully saturated rings. The Bertz CT molecular complexity index is 525. The number of hydrogen-bond acceptors (Lipinski definition) is 3. The molecule has 0 spiro atoms. The fraction of sp³-hybridized carbons (Fsp3) is 0.467. The maximum Gasteiger partial charge on any atom is 0.323 e. The highest BCUT2D eigenvalue weighted by molar-refractivity contribution is 5.80. The second-order valence-corrected chi connectivity index (χ2v) is 5.35. The lowest BCUT2D eigenvalue weighted by Gasteiger charge is -2.37. The van der Waals surface area contributed by atoms with Crippen molar-refractivity contribution in [3.63, 3.8) is 0 Å². The third-order valence-electron chi connectivity index (χ3n) is 3.62. The minimum absolute atomic E-state index is 0.221. The zero-order chi connectivity index (χ0) is 15.4. The van der Waals surface area contributed by atoms with Crippen molar-refractivity contribution >= 4 is 17.7 Å². The normalized spacial score (nSPS) is 15.0. The number of rotatable bonds is 3. The summed E-state index contributed by atoms with van der Waals surface area (Å²) in [5.74, 6) is -0.996. The average molecular weight is 291 g/mol. The van der Waals surface area contributed by atoms with Crippen molar-refractivity contribution < 1.29 is 14.7 Å². The van der Waals surface area contributed by atoms with Crippen LogP contribution in [0.4, 0.5) is 10.5 Å². The number of benzene rings is 1. The van der Waals surface area contributed by atoms with E-state index in [9.17, 15) is 9.59 Å². The number of amides is 2. The van der Waals surface area contributed by atoms with Crippen LogP contribution in [0, 0.1) is 6.92 Å². The molecule has 1 aliphatic heterocycles. The van der Waals surface area contributed by atoms with Crippen LogP contribution in [0.3, 0.4) is 0 Å². The van der Waals surface area contributed by atoms with Gasteiger partial charge in [0, 0.05) is 38.9 Å². The molecule has 0 aliphatic carbocycles. The van der Waals surface area contributed by atoms with Crippen LogP contribution >= 0.6 is 0 Å². The largest absolute Gasteiger partial charge is 0.480 e. The standard InChI is InChI=1S/C15H21N3O3/c1-12-4-3-5-13(10-12)17-6-8-18(9-7-17)15(21)16(2)11-14(19)20/h3-5,10H,6-9,11H2,1-2H3,(H,19,20). The molecule has 1 heterocycles. The Morgan fingerprint density at radius 2 is 1.90 bits per heavy atom. The van der Waals surface area contributed by atoms with Crippen molar-refractivity contribution in [3.8, 4) is 0 Å². The number of urea groups is 1. The van der Waals surface area contributed by atoms with E-state index in [2.05, 4.69) is 30.0 Å². The zero-order valence-electron chi connectivity index (χ0n) is 12.5. The van der Waals surface area contributed by atoms with Gasteiger partial charge in [0.05, 0.1) is 0 Å². The minimum atomic E-state index is -0.996. The Morgan fingerprint density at radius 3 is 2.48 bits per heavy atom. The fourth-order valence-corrected chi connectivity index (χ4v) is 2.49. The number of carboxylic acid groups (broad SMARTS) is 1. The molecule has 0 radical (unpaired) electrons. The summed E-state index contributed by atoms with van der Waals surface area (Å²) < 4.78 is 0. The Morgan fingerprint density at radius 1 is 1.24 bits per heavy atom. The van der Waals surface area contributed by atoms with Gasteiger partial charge in [0.2, 0.25) is 0 Å². The number of nitrogens with zero attached hydrogens (tertiary/aromatic N) is 3. The lowest BCUT2D eigenvalue weighted by atomic mass is 10.2. The number of likely N-dealkylation sites (N-methyl/N-ethyl adjacent to an activating group) is 1. The van der Waals surface area contributed by atoms with Gasteiger partial charge in [0.25, 0.3) is 0 Å². The monoisotopic (exact) mass is 291 g/mol. The lowest BCUT2D eigenvalue weighted by Crippen LogP contribution is -2.52. The van der Waals surface area contributed by atoms with Crippen LogP contribution in [-0.4, -0.2) is 66.7 Å². The quantitative estimate of drug-likeness (QED) is 0.910. The Kier molecular flexibility index (Phi) is 4.67. The molecule has 1 aromatic carbocycles. The van der Waals surface area contributed by atoms with Crippen LogP contribution < -0.4 is 4.90 Å². The molecular weight excluding hydrogens is 270 g/mol. The van der Waals surface area contributed by atoms with E-state index < -0.39 is 5.97 Å². The maximum atomic E-state index is 12.1. The number of carbonyl (C=O) groups is 2. The minimum Gasteiger partial charge on any atom is -0.480 e. The predicted molar refractivity (Wildman–Crippen MR) is 80.6 cm³/mol. The van der Waals surface area contributed by atoms with Gasteiger partial charge in [0.15, 0.2) is 0 Å². The van der Waals surface area contributed by atoms with E-state index in [1.165, 1.54) is 23.2 Å². The van der Waals surface area contributed by atoms with E-state index in [0.29, 0.717) is 13.1 Å². The third-order valence-corrected chi connectivity index (χ3v) is 3.62. The fourth-order valence-electron chi connectivity index (χ4n) is 2.49. The Balaban J connectivity index is 1.91. The number of hydrogen-bond donors (Lipinski definition) is 1. The lowest BCUT2D eigenvalue weighted by molar-refractivity contribution is -0.137. The topological polar surface area (TPSA) is 64.1 Å². The molecule has 0 atom stereocenters. The molecule has 2 amide bonds. The molecule has 114 valence electrons. The summed E-state index contributed by atoms with van der Waals surface area (Å²) in [4.78, 5) is 27.9. The van der Waals surface area contributed by atoms with E-state index in [1.807, 2.05) is 6.07 Å². The number of carboxylic acids is 1. The van der Waals surface area contributed by atoms with Gasteiger partial charge in [-0.3, -0.25) is 4.79 Å². The molecule has 6 heteroatoms. The summed E-state index contributed by atoms with van der Waals surface area (Å²) in [5.41, 5.74) is 2.38. The second-order valence-electron chi connectivity index (χ2n) is 5.35. The van der Waals surface area contributed by atoms with Crippen molar-refractivity contribution in [2.45, 2.75) is 6.92 Å². The number of aryl methyl sites for hydroxylation is 1. The average Bonchev–Trinajstić information content (AvgIpc) is 2.46. The van der Waals surface area contributed by atoms with Crippen LogP contribution in [0.2, 0.25) is 0 Å². The first-order valence-corrected chi connectivity index (χ1v) is 7.01. The number of piperazine rings is 1. The maximum absolute atomic E-state index is 12.1. The van der Waals surface area contributed by atoms with Gasteiger partial charge in [-0.1, -0.05) is 12.1 Å². The summed E-state index contributed by atoms with van der Waals surface area (Å²) in [5, 5.41) is 8.73. The van der Waals surface area contributed by atoms with E-state index in [-0.39, 0.29) is 12.6 Å². The van der Waals surface area contributed by atoms with Crippen molar-refractivity contribution in [1.82, 2.24) is 9.80 Å². The van der Waals surface area contributed by atoms with Crippen LogP contribution in [0.5, 0.6) is 0 Å². The predicted octanol–water partition coefficient (Wildman–Crippen LogP) is 1.25. The van der Waals surface area contributed by atoms with Crippen molar-refractivity contribution in [3.05, 3.63) is 29.8 Å². The molecule has 6 nitrogen and oxygen atoms in total. The molecule has 0 aromatic heterocycles. The molecule has 2 rings (SSSR count). The molecule has 1 saturated heterocycles.